The molecule has 0 radical (unpaired) electrons. The first kappa shape index (κ1) is 19.5. The third kappa shape index (κ3) is 4.70. The highest BCUT2D eigenvalue weighted by Crippen LogP contribution is 2.52. The zero-order chi connectivity index (χ0) is 16.3. The van der Waals surface area contributed by atoms with E-state index in [1.165, 1.54) is 23.5 Å². The van der Waals surface area contributed by atoms with Gasteiger partial charge in [-0.15, -0.1) is 28.2 Å². The van der Waals surface area contributed by atoms with E-state index < -0.39 is 26.2 Å². The van der Waals surface area contributed by atoms with Crippen molar-refractivity contribution in [1.29, 1.82) is 0 Å². The van der Waals surface area contributed by atoms with Crippen molar-refractivity contribution in [2.24, 2.45) is 0 Å². The highest BCUT2D eigenvalue weighted by molar-refractivity contribution is 8.22. The molecule has 1 rings (SSSR count). The lowest BCUT2D eigenvalue weighted by Gasteiger charge is -2.35. The Morgan fingerprint density at radius 2 is 2.14 bits per heavy atom. The monoisotopic (exact) mass is 353 g/mol. The number of carboxylic acid groups (broad SMARTS) is 1. The number of thioether (sulfide) groups is 2. The van der Waals surface area contributed by atoms with Crippen LogP contribution < -0.4 is 4.72 Å². The number of carbonyl (C=O) groups is 1. The van der Waals surface area contributed by atoms with Crippen LogP contribution in [0, 0.1) is 0 Å². The summed E-state index contributed by atoms with van der Waals surface area (Å²) in [5, 5.41) is 10.2. The molecule has 0 aliphatic carbocycles. The van der Waals surface area contributed by atoms with Crippen LogP contribution in [0.3, 0.4) is 0 Å². The molecule has 0 bridgehead atoms. The lowest BCUT2D eigenvalue weighted by atomic mass is 10.1. The summed E-state index contributed by atoms with van der Waals surface area (Å²) >= 11 is 1.77. The molecule has 1 saturated heterocycles. The van der Waals surface area contributed by atoms with E-state index >= 15 is 0 Å². The zero-order valence-electron chi connectivity index (χ0n) is 13.5. The number of rotatable bonds is 7. The van der Waals surface area contributed by atoms with Gasteiger partial charge in [0.05, 0.1) is 6.04 Å². The Labute approximate surface area is 139 Å². The topological polar surface area (TPSA) is 72.4 Å². The van der Waals surface area contributed by atoms with Crippen molar-refractivity contribution >= 4 is 40.9 Å². The van der Waals surface area contributed by atoms with Crippen LogP contribution in [0.4, 0.5) is 0 Å². The lowest BCUT2D eigenvalue weighted by Crippen LogP contribution is -2.55. The van der Waals surface area contributed by atoms with Crippen molar-refractivity contribution in [3.8, 4) is 0 Å². The first-order chi connectivity index (χ1) is 9.67. The van der Waals surface area contributed by atoms with Gasteiger partial charge in [-0.05, 0) is 33.6 Å². The summed E-state index contributed by atoms with van der Waals surface area (Å²) in [7, 11) is 0. The Morgan fingerprint density at radius 1 is 1.52 bits per heavy atom. The molecule has 1 heterocycles. The lowest BCUT2D eigenvalue weighted by molar-refractivity contribution is -0.137. The molecule has 2 unspecified atom stereocenters. The average molecular weight is 354 g/mol. The molecule has 1 aliphatic heterocycles. The van der Waals surface area contributed by atoms with Gasteiger partial charge < -0.3 is 9.66 Å². The molecule has 21 heavy (non-hydrogen) atoms. The van der Waals surface area contributed by atoms with Crippen LogP contribution in [-0.2, 0) is 16.2 Å². The zero-order valence-corrected chi connectivity index (χ0v) is 15.9. The molecule has 4 atom stereocenters. The second-order valence-corrected chi connectivity index (χ2v) is 11.3. The average Bonchev–Trinajstić information content (AvgIpc) is 2.82. The normalized spacial score (nSPS) is 29.3. The molecule has 2 N–H and O–H groups in total. The molecule has 7 heteroatoms. The van der Waals surface area contributed by atoms with Gasteiger partial charge in [-0.3, -0.25) is 0 Å². The first-order valence-electron chi connectivity index (χ1n) is 7.40. The number of carboxylic acids is 1. The molecule has 1 fully saturated rings. The molecule has 0 spiro atoms. The third-order valence-corrected chi connectivity index (χ3v) is 8.98. The predicted molar refractivity (Wildman–Crippen MR) is 94.2 cm³/mol. The van der Waals surface area contributed by atoms with Crippen molar-refractivity contribution in [2.45, 2.75) is 74.0 Å². The first-order valence-corrected chi connectivity index (χ1v) is 10.4. The highest BCUT2D eigenvalue weighted by Gasteiger charge is 2.54. The number of nitrogens with one attached hydrogen (secondary N) is 1. The molecule has 0 aromatic heterocycles. The molecular formula is C14H27NO3S3. The number of hydrogen-bond acceptors (Lipinski definition) is 5. The van der Waals surface area contributed by atoms with E-state index in [0.717, 1.165) is 18.6 Å². The smallest absolute Gasteiger partial charge is 0.331 e. The fourth-order valence-electron chi connectivity index (χ4n) is 2.10. The van der Waals surface area contributed by atoms with E-state index in [4.69, 9.17) is 0 Å². The van der Waals surface area contributed by atoms with Crippen molar-refractivity contribution in [3.05, 3.63) is 0 Å². The Balaban J connectivity index is 2.97. The summed E-state index contributed by atoms with van der Waals surface area (Å²) in [5.41, 5.74) is 0. The van der Waals surface area contributed by atoms with Gasteiger partial charge in [0.25, 0.3) is 0 Å². The van der Waals surface area contributed by atoms with E-state index in [1.54, 1.807) is 0 Å². The van der Waals surface area contributed by atoms with Gasteiger partial charge >= 0.3 is 5.97 Å². The molecule has 0 amide bonds. The molecule has 0 aromatic rings. The predicted octanol–water partition coefficient (Wildman–Crippen LogP) is 3.25. The minimum absolute atomic E-state index is 0.286. The fourth-order valence-corrected chi connectivity index (χ4v) is 6.79. The molecule has 4 nitrogen and oxygen atoms in total. The number of hydrogen-bond donors (Lipinski definition) is 2. The van der Waals surface area contributed by atoms with Gasteiger partial charge in [-0.1, -0.05) is 20.3 Å². The minimum atomic E-state index is -1.26. The third-order valence-electron chi connectivity index (χ3n) is 3.42. The molecule has 1 aliphatic rings. The van der Waals surface area contributed by atoms with Crippen LogP contribution >= 0.6 is 23.5 Å². The minimum Gasteiger partial charge on any atom is -0.598 e. The Bertz CT molecular complexity index is 362. The van der Waals surface area contributed by atoms with Gasteiger partial charge in [0, 0.05) is 22.4 Å². The van der Waals surface area contributed by atoms with Crippen molar-refractivity contribution in [2.75, 3.05) is 5.75 Å². The maximum atomic E-state index is 12.4. The van der Waals surface area contributed by atoms with Crippen LogP contribution in [0.25, 0.3) is 0 Å². The molecule has 0 aromatic carbocycles. The Hall–Kier alpha value is 0.440. The van der Waals surface area contributed by atoms with Gasteiger partial charge in [0.2, 0.25) is 0 Å². The van der Waals surface area contributed by atoms with E-state index in [1.807, 2.05) is 27.7 Å². The fraction of sp³-hybridized carbons (Fsp3) is 0.929. The second kappa shape index (κ2) is 7.81. The Kier molecular flexibility index (Phi) is 7.25. The summed E-state index contributed by atoms with van der Waals surface area (Å²) < 4.78 is 14.2. The van der Waals surface area contributed by atoms with E-state index in [9.17, 15) is 14.5 Å². The summed E-state index contributed by atoms with van der Waals surface area (Å²) in [4.78, 5) is 12.0. The van der Waals surface area contributed by atoms with Crippen LogP contribution in [0.15, 0.2) is 0 Å². The van der Waals surface area contributed by atoms with Crippen LogP contribution in [0.5, 0.6) is 0 Å². The van der Waals surface area contributed by atoms with Gasteiger partial charge in [0.1, 0.15) is 4.75 Å². The molecule has 0 saturated carbocycles. The van der Waals surface area contributed by atoms with Gasteiger partial charge in [0.15, 0.2) is 4.08 Å². The van der Waals surface area contributed by atoms with Crippen molar-refractivity contribution in [3.63, 3.8) is 0 Å². The summed E-state index contributed by atoms with van der Waals surface area (Å²) in [5.74, 6) is 0.0441. The SMILES string of the molecule is CCCC(N[S@@+]([O-])C(C)(C)C)[C@]1(C(=O)O)SCC(CC)S1. The van der Waals surface area contributed by atoms with E-state index in [-0.39, 0.29) is 6.04 Å². The Morgan fingerprint density at radius 3 is 2.52 bits per heavy atom. The molecular weight excluding hydrogens is 326 g/mol. The standard InChI is InChI=1S/C14H27NO3S3/c1-6-8-11(15-21(18)13(3,4)5)14(12(16)17)19-9-10(7-2)20-14/h10-11,15H,6-9H2,1-5H3,(H,16,17)/t10?,11?,14-,21-/m0/s1. The second-order valence-electron chi connectivity index (χ2n) is 6.27. The van der Waals surface area contributed by atoms with Gasteiger partial charge in [-0.2, -0.15) is 0 Å². The summed E-state index contributed by atoms with van der Waals surface area (Å²) in [6.45, 7) is 9.82. The van der Waals surface area contributed by atoms with Gasteiger partial charge in [-0.25, -0.2) is 4.79 Å². The summed E-state index contributed by atoms with van der Waals surface area (Å²) in [6, 6.07) is -0.286. The van der Waals surface area contributed by atoms with Crippen molar-refractivity contribution < 1.29 is 14.5 Å². The maximum absolute atomic E-state index is 12.4. The van der Waals surface area contributed by atoms with E-state index in [0.29, 0.717) is 11.7 Å². The molecule has 124 valence electrons. The highest BCUT2D eigenvalue weighted by atomic mass is 32.2. The quantitative estimate of drug-likeness (QED) is 0.685. The van der Waals surface area contributed by atoms with Crippen LogP contribution in [-0.4, -0.2) is 41.5 Å². The maximum Gasteiger partial charge on any atom is 0.331 e. The largest absolute Gasteiger partial charge is 0.598 e. The van der Waals surface area contributed by atoms with E-state index in [2.05, 4.69) is 11.6 Å². The summed E-state index contributed by atoms with van der Waals surface area (Å²) in [6.07, 6.45) is 2.55. The number of aliphatic carboxylic acids is 1. The van der Waals surface area contributed by atoms with Crippen molar-refractivity contribution in [1.82, 2.24) is 4.72 Å². The van der Waals surface area contributed by atoms with Crippen LogP contribution in [0.2, 0.25) is 0 Å². The van der Waals surface area contributed by atoms with Crippen LogP contribution in [0.1, 0.15) is 53.9 Å².